The summed E-state index contributed by atoms with van der Waals surface area (Å²) in [4.78, 5) is 8.39. The minimum atomic E-state index is -0.264. The zero-order valence-corrected chi connectivity index (χ0v) is 10.1. The maximum atomic E-state index is 13.8. The van der Waals surface area contributed by atoms with Gasteiger partial charge in [-0.25, -0.2) is 14.4 Å². The fourth-order valence-electron chi connectivity index (χ4n) is 1.66. The Bertz CT molecular complexity index is 552. The molecule has 0 bridgehead atoms. The van der Waals surface area contributed by atoms with Crippen molar-refractivity contribution in [3.63, 3.8) is 0 Å². The lowest BCUT2D eigenvalue weighted by Crippen LogP contribution is -2.00. The lowest BCUT2D eigenvalue weighted by Gasteiger charge is -2.08. The van der Waals surface area contributed by atoms with E-state index in [2.05, 4.69) is 15.3 Å². The van der Waals surface area contributed by atoms with E-state index in [0.29, 0.717) is 17.2 Å². The molecule has 0 aliphatic heterocycles. The molecule has 0 saturated heterocycles. The van der Waals surface area contributed by atoms with Crippen LogP contribution in [0.3, 0.4) is 0 Å². The first-order chi connectivity index (χ1) is 8.11. The van der Waals surface area contributed by atoms with Crippen LogP contribution >= 0.6 is 0 Å². The average molecular weight is 231 g/mol. The SMILES string of the molecule is CNc1ncc(C)c(-c2cc(C)ccc2F)n1. The largest absolute Gasteiger partial charge is 0.357 e. The van der Waals surface area contributed by atoms with Crippen molar-refractivity contribution in [3.8, 4) is 11.3 Å². The molecule has 1 aromatic carbocycles. The number of nitrogens with zero attached hydrogens (tertiary/aromatic N) is 2. The average Bonchev–Trinajstić information content (AvgIpc) is 2.33. The third-order valence-corrected chi connectivity index (χ3v) is 2.57. The third-order valence-electron chi connectivity index (χ3n) is 2.57. The summed E-state index contributed by atoms with van der Waals surface area (Å²) in [5, 5.41) is 2.85. The molecule has 4 heteroatoms. The second kappa shape index (κ2) is 4.49. The zero-order valence-electron chi connectivity index (χ0n) is 10.1. The topological polar surface area (TPSA) is 37.8 Å². The Morgan fingerprint density at radius 1 is 1.24 bits per heavy atom. The highest BCUT2D eigenvalue weighted by atomic mass is 19.1. The van der Waals surface area contributed by atoms with Crippen LogP contribution in [0.1, 0.15) is 11.1 Å². The van der Waals surface area contributed by atoms with Crippen molar-refractivity contribution in [3.05, 3.63) is 41.3 Å². The molecular weight excluding hydrogens is 217 g/mol. The molecule has 1 N–H and O–H groups in total. The van der Waals surface area contributed by atoms with E-state index < -0.39 is 0 Å². The van der Waals surface area contributed by atoms with Gasteiger partial charge in [0.1, 0.15) is 5.82 Å². The van der Waals surface area contributed by atoms with Crippen LogP contribution in [0.4, 0.5) is 10.3 Å². The molecule has 3 nitrogen and oxygen atoms in total. The fraction of sp³-hybridized carbons (Fsp3) is 0.231. The Hall–Kier alpha value is -1.97. The molecule has 0 aliphatic carbocycles. The molecule has 0 fully saturated rings. The Balaban J connectivity index is 2.62. The van der Waals surface area contributed by atoms with Crippen LogP contribution in [0.2, 0.25) is 0 Å². The quantitative estimate of drug-likeness (QED) is 0.863. The molecule has 0 spiro atoms. The fourth-order valence-corrected chi connectivity index (χ4v) is 1.66. The molecule has 88 valence electrons. The summed E-state index contributed by atoms with van der Waals surface area (Å²) in [7, 11) is 1.74. The molecule has 1 heterocycles. The first-order valence-corrected chi connectivity index (χ1v) is 5.39. The molecule has 0 radical (unpaired) electrons. The highest BCUT2D eigenvalue weighted by Gasteiger charge is 2.10. The van der Waals surface area contributed by atoms with E-state index in [0.717, 1.165) is 11.1 Å². The number of hydrogen-bond donors (Lipinski definition) is 1. The number of rotatable bonds is 2. The van der Waals surface area contributed by atoms with E-state index in [1.807, 2.05) is 13.8 Å². The Labute approximate surface area is 99.7 Å². The van der Waals surface area contributed by atoms with Gasteiger partial charge in [-0.3, -0.25) is 0 Å². The van der Waals surface area contributed by atoms with Gasteiger partial charge in [-0.05, 0) is 31.5 Å². The third kappa shape index (κ3) is 2.25. The van der Waals surface area contributed by atoms with Gasteiger partial charge in [0.15, 0.2) is 0 Å². The maximum Gasteiger partial charge on any atom is 0.222 e. The predicted octanol–water partition coefficient (Wildman–Crippen LogP) is 2.94. The molecule has 17 heavy (non-hydrogen) atoms. The van der Waals surface area contributed by atoms with Gasteiger partial charge >= 0.3 is 0 Å². The van der Waals surface area contributed by atoms with Crippen LogP contribution in [-0.2, 0) is 0 Å². The van der Waals surface area contributed by atoms with E-state index >= 15 is 0 Å². The number of benzene rings is 1. The smallest absolute Gasteiger partial charge is 0.222 e. The van der Waals surface area contributed by atoms with E-state index in [1.165, 1.54) is 6.07 Å². The summed E-state index contributed by atoms with van der Waals surface area (Å²) in [6.07, 6.45) is 1.69. The lowest BCUT2D eigenvalue weighted by molar-refractivity contribution is 0.630. The minimum absolute atomic E-state index is 0.264. The van der Waals surface area contributed by atoms with Crippen LogP contribution in [-0.4, -0.2) is 17.0 Å². The van der Waals surface area contributed by atoms with Crippen molar-refractivity contribution >= 4 is 5.95 Å². The van der Waals surface area contributed by atoms with E-state index in [4.69, 9.17) is 0 Å². The first kappa shape index (κ1) is 11.5. The molecule has 2 aromatic rings. The Kier molecular flexibility index (Phi) is 3.04. The predicted molar refractivity (Wildman–Crippen MR) is 66.4 cm³/mol. The van der Waals surface area contributed by atoms with Crippen LogP contribution in [0, 0.1) is 19.7 Å². The number of aryl methyl sites for hydroxylation is 2. The zero-order chi connectivity index (χ0) is 12.4. The summed E-state index contributed by atoms with van der Waals surface area (Å²) in [6, 6.07) is 5.00. The number of aromatic nitrogens is 2. The number of hydrogen-bond acceptors (Lipinski definition) is 3. The summed E-state index contributed by atoms with van der Waals surface area (Å²) in [6.45, 7) is 3.80. The Morgan fingerprint density at radius 3 is 2.71 bits per heavy atom. The van der Waals surface area contributed by atoms with E-state index in [9.17, 15) is 4.39 Å². The van der Waals surface area contributed by atoms with Gasteiger partial charge < -0.3 is 5.32 Å². The maximum absolute atomic E-state index is 13.8. The van der Waals surface area contributed by atoms with Crippen molar-refractivity contribution in [2.75, 3.05) is 12.4 Å². The van der Waals surface area contributed by atoms with Crippen LogP contribution < -0.4 is 5.32 Å². The molecule has 2 rings (SSSR count). The van der Waals surface area contributed by atoms with Crippen molar-refractivity contribution in [1.29, 1.82) is 0 Å². The lowest BCUT2D eigenvalue weighted by atomic mass is 10.1. The molecule has 0 atom stereocenters. The first-order valence-electron chi connectivity index (χ1n) is 5.39. The molecule has 0 amide bonds. The molecule has 0 aliphatic rings. The summed E-state index contributed by atoms with van der Waals surface area (Å²) in [5.74, 6) is 0.228. The highest BCUT2D eigenvalue weighted by Crippen LogP contribution is 2.25. The normalized spacial score (nSPS) is 10.4. The van der Waals surface area contributed by atoms with Gasteiger partial charge in [0.2, 0.25) is 5.95 Å². The van der Waals surface area contributed by atoms with Gasteiger partial charge in [-0.1, -0.05) is 11.6 Å². The second-order valence-electron chi connectivity index (χ2n) is 3.96. The van der Waals surface area contributed by atoms with Crippen molar-refractivity contribution < 1.29 is 4.39 Å². The van der Waals surface area contributed by atoms with Crippen LogP contribution in [0.25, 0.3) is 11.3 Å². The van der Waals surface area contributed by atoms with Crippen molar-refractivity contribution in [1.82, 2.24) is 9.97 Å². The van der Waals surface area contributed by atoms with Gasteiger partial charge in [-0.15, -0.1) is 0 Å². The molecule has 0 unspecified atom stereocenters. The number of anilines is 1. The summed E-state index contributed by atoms with van der Waals surface area (Å²) >= 11 is 0. The van der Waals surface area contributed by atoms with Crippen molar-refractivity contribution in [2.45, 2.75) is 13.8 Å². The van der Waals surface area contributed by atoms with Gasteiger partial charge in [0.25, 0.3) is 0 Å². The highest BCUT2D eigenvalue weighted by molar-refractivity contribution is 5.65. The van der Waals surface area contributed by atoms with Gasteiger partial charge in [0, 0.05) is 18.8 Å². The summed E-state index contributed by atoms with van der Waals surface area (Å²) < 4.78 is 13.8. The van der Waals surface area contributed by atoms with Gasteiger partial charge in [-0.2, -0.15) is 0 Å². The number of halogens is 1. The summed E-state index contributed by atoms with van der Waals surface area (Å²) in [5.41, 5.74) is 3.01. The standard InChI is InChI=1S/C13H14FN3/c1-8-4-5-11(14)10(6-8)12-9(2)7-16-13(15-3)17-12/h4-7H,1-3H3,(H,15,16,17). The molecular formula is C13H14FN3. The van der Waals surface area contributed by atoms with Gasteiger partial charge in [0.05, 0.1) is 5.69 Å². The van der Waals surface area contributed by atoms with Crippen LogP contribution in [0.15, 0.2) is 24.4 Å². The van der Waals surface area contributed by atoms with Crippen molar-refractivity contribution in [2.24, 2.45) is 0 Å². The number of nitrogens with one attached hydrogen (secondary N) is 1. The van der Waals surface area contributed by atoms with Crippen LogP contribution in [0.5, 0.6) is 0 Å². The monoisotopic (exact) mass is 231 g/mol. The molecule has 1 aromatic heterocycles. The second-order valence-corrected chi connectivity index (χ2v) is 3.96. The molecule has 0 saturated carbocycles. The minimum Gasteiger partial charge on any atom is -0.357 e. The van der Waals surface area contributed by atoms with E-state index in [1.54, 1.807) is 25.4 Å². The Morgan fingerprint density at radius 2 is 2.00 bits per heavy atom. The van der Waals surface area contributed by atoms with E-state index in [-0.39, 0.29) is 5.82 Å².